The van der Waals surface area contributed by atoms with E-state index < -0.39 is 0 Å². The Hall–Kier alpha value is 0.0900. The molecule has 0 aliphatic rings. The van der Waals surface area contributed by atoms with Crippen LogP contribution < -0.4 is 0 Å². The Morgan fingerprint density at radius 2 is 1.69 bits per heavy atom. The van der Waals surface area contributed by atoms with E-state index in [9.17, 15) is 0 Å². The van der Waals surface area contributed by atoms with Crippen molar-refractivity contribution in [3.63, 3.8) is 0 Å². The van der Waals surface area contributed by atoms with Gasteiger partial charge in [0, 0.05) is 5.38 Å². The molecule has 3 heteroatoms. The van der Waals surface area contributed by atoms with Gasteiger partial charge in [-0.2, -0.15) is 0 Å². The largest absolute Gasteiger partial charge is 0.123 e. The molecule has 0 radical (unpaired) electrons. The van der Waals surface area contributed by atoms with Crippen molar-refractivity contribution in [3.8, 4) is 0 Å². The molecule has 16 heavy (non-hydrogen) atoms. The maximum Gasteiger partial charge on any atom is 0.0595 e. The molecule has 0 amide bonds. The first-order chi connectivity index (χ1) is 7.41. The smallest absolute Gasteiger partial charge is 0.0595 e. The van der Waals surface area contributed by atoms with Crippen molar-refractivity contribution < 1.29 is 0 Å². The van der Waals surface area contributed by atoms with E-state index in [4.69, 9.17) is 34.8 Å². The van der Waals surface area contributed by atoms with Crippen molar-refractivity contribution in [1.29, 1.82) is 0 Å². The summed E-state index contributed by atoms with van der Waals surface area (Å²) in [7, 11) is 0. The molecule has 0 nitrogen and oxygen atoms in total. The first kappa shape index (κ1) is 14.2. The highest BCUT2D eigenvalue weighted by Crippen LogP contribution is 2.28. The van der Waals surface area contributed by atoms with Gasteiger partial charge >= 0.3 is 0 Å². The van der Waals surface area contributed by atoms with E-state index in [0.717, 1.165) is 6.42 Å². The number of hydrogen-bond acceptors (Lipinski definition) is 0. The zero-order chi connectivity index (χ0) is 12.3. The van der Waals surface area contributed by atoms with Crippen LogP contribution in [0.2, 0.25) is 10.0 Å². The van der Waals surface area contributed by atoms with Gasteiger partial charge in [-0.1, -0.05) is 43.1 Å². The topological polar surface area (TPSA) is 0 Å². The fourth-order valence-corrected chi connectivity index (χ4v) is 2.57. The number of alkyl halides is 1. The second-order valence-electron chi connectivity index (χ2n) is 4.54. The number of benzene rings is 1. The molecule has 2 unspecified atom stereocenters. The molecule has 1 aromatic carbocycles. The fraction of sp³-hybridized carbons (Fsp3) is 0.538. The Morgan fingerprint density at radius 1 is 1.06 bits per heavy atom. The van der Waals surface area contributed by atoms with Gasteiger partial charge in [0.25, 0.3) is 0 Å². The zero-order valence-corrected chi connectivity index (χ0v) is 12.1. The van der Waals surface area contributed by atoms with Crippen LogP contribution in [0.3, 0.4) is 0 Å². The van der Waals surface area contributed by atoms with Gasteiger partial charge < -0.3 is 0 Å². The summed E-state index contributed by atoms with van der Waals surface area (Å²) in [5, 5.41) is 1.38. The minimum Gasteiger partial charge on any atom is -0.123 e. The molecule has 0 aliphatic carbocycles. The first-order valence-electron chi connectivity index (χ1n) is 5.49. The summed E-state index contributed by atoms with van der Waals surface area (Å²) in [6.07, 6.45) is 0.944. The van der Waals surface area contributed by atoms with E-state index in [-0.39, 0.29) is 5.38 Å². The van der Waals surface area contributed by atoms with E-state index in [1.165, 1.54) is 5.56 Å². The molecular formula is C13H17Cl3. The summed E-state index contributed by atoms with van der Waals surface area (Å²) in [5.41, 5.74) is 1.20. The van der Waals surface area contributed by atoms with Crippen molar-refractivity contribution in [3.05, 3.63) is 33.8 Å². The predicted molar refractivity (Wildman–Crippen MR) is 73.8 cm³/mol. The van der Waals surface area contributed by atoms with Crippen LogP contribution in [0, 0.1) is 11.8 Å². The molecule has 90 valence electrons. The molecule has 1 aromatic rings. The minimum atomic E-state index is 0.162. The molecular weight excluding hydrogens is 263 g/mol. The zero-order valence-electron chi connectivity index (χ0n) is 9.81. The van der Waals surface area contributed by atoms with Gasteiger partial charge in [0.1, 0.15) is 0 Å². The number of halogens is 3. The van der Waals surface area contributed by atoms with Crippen LogP contribution in [0.15, 0.2) is 18.2 Å². The van der Waals surface area contributed by atoms with Crippen LogP contribution >= 0.6 is 34.8 Å². The van der Waals surface area contributed by atoms with Crippen molar-refractivity contribution in [2.24, 2.45) is 11.8 Å². The van der Waals surface area contributed by atoms with Crippen LogP contribution in [0.4, 0.5) is 0 Å². The third-order valence-electron chi connectivity index (χ3n) is 2.90. The Balaban J connectivity index is 2.81. The standard InChI is InChI=1S/C13H17Cl3/c1-8(2)11(9(3)14)6-10-4-5-12(15)13(16)7-10/h4-5,7-9,11H,6H2,1-3H3. The fourth-order valence-electron chi connectivity index (χ4n) is 1.87. The maximum atomic E-state index is 6.20. The van der Waals surface area contributed by atoms with Gasteiger partial charge in [-0.15, -0.1) is 11.6 Å². The lowest BCUT2D eigenvalue weighted by atomic mass is 9.87. The van der Waals surface area contributed by atoms with Gasteiger partial charge in [0.15, 0.2) is 0 Å². The van der Waals surface area contributed by atoms with E-state index in [0.29, 0.717) is 21.9 Å². The summed E-state index contributed by atoms with van der Waals surface area (Å²) in [6, 6.07) is 5.79. The van der Waals surface area contributed by atoms with Crippen LogP contribution in [0.1, 0.15) is 26.3 Å². The lowest BCUT2D eigenvalue weighted by Crippen LogP contribution is -2.20. The Kier molecular flexibility index (Phi) is 5.43. The molecule has 0 spiro atoms. The van der Waals surface area contributed by atoms with Gasteiger partial charge in [-0.3, -0.25) is 0 Å². The van der Waals surface area contributed by atoms with Gasteiger partial charge in [0.2, 0.25) is 0 Å². The second kappa shape index (κ2) is 6.14. The molecule has 0 heterocycles. The highest BCUT2D eigenvalue weighted by molar-refractivity contribution is 6.42. The van der Waals surface area contributed by atoms with Crippen LogP contribution in [-0.2, 0) is 6.42 Å². The summed E-state index contributed by atoms with van der Waals surface area (Å²) in [6.45, 7) is 6.44. The SMILES string of the molecule is CC(C)C(Cc1ccc(Cl)c(Cl)c1)C(C)Cl. The Morgan fingerprint density at radius 3 is 2.12 bits per heavy atom. The lowest BCUT2D eigenvalue weighted by molar-refractivity contribution is 0.376. The first-order valence-corrected chi connectivity index (χ1v) is 6.69. The number of rotatable bonds is 4. The third kappa shape index (κ3) is 3.84. The van der Waals surface area contributed by atoms with Crippen molar-refractivity contribution in [1.82, 2.24) is 0 Å². The maximum absolute atomic E-state index is 6.20. The molecule has 0 bridgehead atoms. The average molecular weight is 280 g/mol. The quantitative estimate of drug-likeness (QED) is 0.644. The Bertz CT molecular complexity index is 337. The van der Waals surface area contributed by atoms with Crippen LogP contribution in [-0.4, -0.2) is 5.38 Å². The van der Waals surface area contributed by atoms with E-state index in [1.807, 2.05) is 25.1 Å². The molecule has 0 aromatic heterocycles. The van der Waals surface area contributed by atoms with Crippen molar-refractivity contribution in [2.75, 3.05) is 0 Å². The van der Waals surface area contributed by atoms with E-state index in [2.05, 4.69) is 13.8 Å². The molecule has 0 fully saturated rings. The highest BCUT2D eigenvalue weighted by Gasteiger charge is 2.19. The summed E-state index contributed by atoms with van der Waals surface area (Å²) in [4.78, 5) is 0. The van der Waals surface area contributed by atoms with Crippen molar-refractivity contribution in [2.45, 2.75) is 32.6 Å². The van der Waals surface area contributed by atoms with Crippen LogP contribution in [0.25, 0.3) is 0 Å². The van der Waals surface area contributed by atoms with E-state index in [1.54, 1.807) is 0 Å². The van der Waals surface area contributed by atoms with Gasteiger partial charge in [-0.25, -0.2) is 0 Å². The molecule has 0 aliphatic heterocycles. The van der Waals surface area contributed by atoms with Crippen LogP contribution in [0.5, 0.6) is 0 Å². The third-order valence-corrected chi connectivity index (χ3v) is 3.96. The van der Waals surface area contributed by atoms with Gasteiger partial charge in [0.05, 0.1) is 10.0 Å². The molecule has 2 atom stereocenters. The molecule has 0 saturated carbocycles. The summed E-state index contributed by atoms with van der Waals surface area (Å²) >= 11 is 18.1. The lowest BCUT2D eigenvalue weighted by Gasteiger charge is -2.23. The predicted octanol–water partition coefficient (Wildman–Crippen LogP) is 5.44. The molecule has 0 N–H and O–H groups in total. The number of hydrogen-bond donors (Lipinski definition) is 0. The normalized spacial score (nSPS) is 15.2. The molecule has 1 rings (SSSR count). The second-order valence-corrected chi connectivity index (χ2v) is 6.04. The highest BCUT2D eigenvalue weighted by atomic mass is 35.5. The summed E-state index contributed by atoms with van der Waals surface area (Å²) in [5.74, 6) is 1.01. The summed E-state index contributed by atoms with van der Waals surface area (Å²) < 4.78 is 0. The Labute approximate surface area is 113 Å². The minimum absolute atomic E-state index is 0.162. The average Bonchev–Trinajstić information content (AvgIpc) is 2.18. The van der Waals surface area contributed by atoms with Crippen molar-refractivity contribution >= 4 is 34.8 Å². The van der Waals surface area contributed by atoms with Gasteiger partial charge in [-0.05, 0) is 42.9 Å². The monoisotopic (exact) mass is 278 g/mol. The van der Waals surface area contributed by atoms with E-state index >= 15 is 0 Å². The molecule has 0 saturated heterocycles.